The number of likely N-dealkylation sites (tertiary alicyclic amines) is 1. The Morgan fingerprint density at radius 2 is 1.77 bits per heavy atom. The smallest absolute Gasteiger partial charge is 0.417 e. The van der Waals surface area contributed by atoms with E-state index in [1.54, 1.807) is 18.9 Å². The highest BCUT2D eigenvalue weighted by Crippen LogP contribution is 2.46. The number of pyridine rings is 1. The van der Waals surface area contributed by atoms with Crippen LogP contribution in [0, 0.1) is 25.5 Å². The van der Waals surface area contributed by atoms with Crippen LogP contribution in [0.3, 0.4) is 0 Å². The number of hydrogen-bond acceptors (Lipinski definition) is 11. The summed E-state index contributed by atoms with van der Waals surface area (Å²) < 4.78 is 121. The molecule has 0 radical (unpaired) electrons. The molecule has 1 saturated heterocycles. The van der Waals surface area contributed by atoms with Gasteiger partial charge in [0.1, 0.15) is 58.7 Å². The first-order chi connectivity index (χ1) is 26.6. The molecule has 0 unspecified atom stereocenters. The third-order valence-corrected chi connectivity index (χ3v) is 10.0. The van der Waals surface area contributed by atoms with Crippen molar-refractivity contribution in [2.45, 2.75) is 57.9 Å². The summed E-state index contributed by atoms with van der Waals surface area (Å²) in [4.78, 5) is 25.4. The summed E-state index contributed by atoms with van der Waals surface area (Å²) in [6.45, 7) is 3.61. The molecule has 5 heterocycles. The van der Waals surface area contributed by atoms with Crippen LogP contribution in [0.4, 0.5) is 42.4 Å². The largest absolute Gasteiger partial charge is 0.497 e. The van der Waals surface area contributed by atoms with E-state index in [-0.39, 0.29) is 42.4 Å². The normalized spacial score (nSPS) is 17.4. The van der Waals surface area contributed by atoms with Gasteiger partial charge < -0.3 is 24.4 Å². The van der Waals surface area contributed by atoms with E-state index in [1.807, 2.05) is 24.3 Å². The maximum atomic E-state index is 17.0. The molecule has 2 aromatic carbocycles. The van der Waals surface area contributed by atoms with E-state index in [0.717, 1.165) is 18.6 Å². The standard InChI is InChI=1S/C38H37F7N8O3/c1-19-14-25(27(38(43,44)45)20(2)28(19)39)31-29(40)32-26-34(51-36(50-32)56-17-23-15-37(41,42)18-52(23)4)53(12-13-55-35(26)49-31)21(3)30-33(47-11-10-46-30)48-16-22-6-8-24(54-5)9-7-22/h6-11,14,21,23H,12-13,15-18H2,1-5H3,(H,47,48)/t21-,23+/m1/s1. The number of likely N-dealkylation sites (N-methyl/N-ethyl adjacent to an activating group) is 1. The Morgan fingerprint density at radius 3 is 2.45 bits per heavy atom. The van der Waals surface area contributed by atoms with Gasteiger partial charge in [-0.1, -0.05) is 12.1 Å². The molecule has 2 aliphatic heterocycles. The first-order valence-corrected chi connectivity index (χ1v) is 17.6. The number of halogens is 7. The van der Waals surface area contributed by atoms with Crippen molar-refractivity contribution in [1.82, 2.24) is 29.8 Å². The number of ether oxygens (including phenoxy) is 3. The Bertz CT molecular complexity index is 2280. The van der Waals surface area contributed by atoms with Gasteiger partial charge in [-0.15, -0.1) is 0 Å². The lowest BCUT2D eigenvalue weighted by Gasteiger charge is -2.30. The number of benzene rings is 2. The van der Waals surface area contributed by atoms with E-state index in [9.17, 15) is 26.3 Å². The lowest BCUT2D eigenvalue weighted by molar-refractivity contribution is -0.137. The van der Waals surface area contributed by atoms with Gasteiger partial charge in [-0.05, 0) is 62.7 Å². The number of aryl methyl sites for hydroxylation is 1. The van der Waals surface area contributed by atoms with Crippen LogP contribution in [0.15, 0.2) is 42.7 Å². The van der Waals surface area contributed by atoms with Crippen LogP contribution in [0.25, 0.3) is 22.2 Å². The number of nitrogens with zero attached hydrogens (tertiary/aromatic N) is 7. The molecule has 0 spiro atoms. The second-order valence-electron chi connectivity index (χ2n) is 13.8. The topological polar surface area (TPSA) is 111 Å². The van der Waals surface area contributed by atoms with E-state index in [2.05, 4.69) is 30.2 Å². The first kappa shape index (κ1) is 38.7. The SMILES string of the molecule is COc1ccc(CNc2nccnc2[C@@H](C)N2CCOc3nc(-c4cc(C)c(F)c(C)c4C(F)(F)F)c(F)c4nc(OC[C@@H]5CC(F)(F)CN5C)nc2c34)cc1. The summed E-state index contributed by atoms with van der Waals surface area (Å²) >= 11 is 0. The second-order valence-corrected chi connectivity index (χ2v) is 13.8. The number of anilines is 2. The van der Waals surface area contributed by atoms with Crippen LogP contribution in [0.5, 0.6) is 17.6 Å². The number of hydrogen-bond donors (Lipinski definition) is 1. The zero-order chi connectivity index (χ0) is 40.1. The number of aromatic nitrogens is 5. The molecule has 1 fully saturated rings. The van der Waals surface area contributed by atoms with Crippen molar-refractivity contribution in [1.29, 1.82) is 0 Å². The monoisotopic (exact) mass is 786 g/mol. The number of alkyl halides is 5. The Labute approximate surface area is 316 Å². The highest BCUT2D eigenvalue weighted by molar-refractivity contribution is 5.97. The number of methoxy groups -OCH3 is 1. The Morgan fingerprint density at radius 1 is 1.04 bits per heavy atom. The van der Waals surface area contributed by atoms with E-state index in [1.165, 1.54) is 31.3 Å². The van der Waals surface area contributed by atoms with Crippen LogP contribution in [-0.2, 0) is 12.7 Å². The van der Waals surface area contributed by atoms with Crippen molar-refractivity contribution in [3.63, 3.8) is 0 Å². The summed E-state index contributed by atoms with van der Waals surface area (Å²) in [5.41, 5.74) is -2.91. The quantitative estimate of drug-likeness (QED) is 0.141. The fourth-order valence-corrected chi connectivity index (χ4v) is 7.18. The molecule has 56 heavy (non-hydrogen) atoms. The summed E-state index contributed by atoms with van der Waals surface area (Å²) in [5.74, 6) is -4.44. The van der Waals surface area contributed by atoms with Gasteiger partial charge in [-0.2, -0.15) is 23.1 Å². The lowest BCUT2D eigenvalue weighted by Crippen LogP contribution is -2.33. The Hall–Kier alpha value is -5.52. The third-order valence-electron chi connectivity index (χ3n) is 10.0. The average Bonchev–Trinajstić information content (AvgIpc) is 3.30. The molecule has 0 amide bonds. The van der Waals surface area contributed by atoms with Crippen LogP contribution < -0.4 is 24.4 Å². The van der Waals surface area contributed by atoms with Gasteiger partial charge in [0.25, 0.3) is 5.92 Å². The molecule has 3 aromatic heterocycles. The minimum atomic E-state index is -5.09. The van der Waals surface area contributed by atoms with E-state index < -0.39 is 82.7 Å². The van der Waals surface area contributed by atoms with Gasteiger partial charge in [-0.3, -0.25) is 9.88 Å². The molecule has 5 aromatic rings. The molecule has 11 nitrogen and oxygen atoms in total. The molecule has 0 aliphatic carbocycles. The lowest BCUT2D eigenvalue weighted by atomic mass is 9.94. The minimum Gasteiger partial charge on any atom is -0.497 e. The van der Waals surface area contributed by atoms with Crippen molar-refractivity contribution in [3.05, 3.63) is 82.3 Å². The molecular weight excluding hydrogens is 749 g/mol. The van der Waals surface area contributed by atoms with E-state index >= 15 is 4.39 Å². The molecule has 2 aliphatic rings. The molecular formula is C38H37F7N8O3. The zero-order valence-corrected chi connectivity index (χ0v) is 30.9. The number of rotatable bonds is 10. The fraction of sp³-hybridized carbons (Fsp3) is 0.395. The van der Waals surface area contributed by atoms with Gasteiger partial charge in [0.2, 0.25) is 5.88 Å². The maximum Gasteiger partial charge on any atom is 0.417 e. The molecule has 2 atom stereocenters. The molecule has 18 heteroatoms. The van der Waals surface area contributed by atoms with Crippen molar-refractivity contribution < 1.29 is 44.9 Å². The van der Waals surface area contributed by atoms with Gasteiger partial charge >= 0.3 is 12.2 Å². The minimum absolute atomic E-state index is 0.0438. The van der Waals surface area contributed by atoms with Gasteiger partial charge in [0, 0.05) is 37.0 Å². The summed E-state index contributed by atoms with van der Waals surface area (Å²) in [5, 5.41) is 3.22. The van der Waals surface area contributed by atoms with Crippen molar-refractivity contribution in [2.24, 2.45) is 0 Å². The van der Waals surface area contributed by atoms with Crippen LogP contribution in [-0.4, -0.2) is 82.2 Å². The highest BCUT2D eigenvalue weighted by atomic mass is 19.4. The average molecular weight is 787 g/mol. The molecule has 7 rings (SSSR count). The molecule has 0 bridgehead atoms. The Kier molecular flexibility index (Phi) is 10.3. The molecule has 0 saturated carbocycles. The van der Waals surface area contributed by atoms with Crippen molar-refractivity contribution >= 4 is 22.5 Å². The maximum absolute atomic E-state index is 17.0. The van der Waals surface area contributed by atoms with E-state index in [4.69, 9.17) is 14.2 Å². The fourth-order valence-electron chi connectivity index (χ4n) is 7.18. The summed E-state index contributed by atoms with van der Waals surface area (Å²) in [7, 11) is 3.09. The molecule has 296 valence electrons. The van der Waals surface area contributed by atoms with Crippen LogP contribution in [0.2, 0.25) is 0 Å². The van der Waals surface area contributed by atoms with Gasteiger partial charge in [-0.25, -0.2) is 27.5 Å². The summed E-state index contributed by atoms with van der Waals surface area (Å²) in [6, 6.07) is 6.49. The van der Waals surface area contributed by atoms with Crippen LogP contribution in [0.1, 0.15) is 47.3 Å². The summed E-state index contributed by atoms with van der Waals surface area (Å²) in [6.07, 6.45) is -2.58. The second kappa shape index (κ2) is 14.9. The van der Waals surface area contributed by atoms with Gasteiger partial charge in [0.05, 0.1) is 31.8 Å². The van der Waals surface area contributed by atoms with Crippen molar-refractivity contribution in [2.75, 3.05) is 50.7 Å². The third kappa shape index (κ3) is 7.41. The van der Waals surface area contributed by atoms with E-state index in [0.29, 0.717) is 23.8 Å². The van der Waals surface area contributed by atoms with Crippen LogP contribution >= 0.6 is 0 Å². The van der Waals surface area contributed by atoms with Crippen molar-refractivity contribution in [3.8, 4) is 28.9 Å². The predicted octanol–water partition coefficient (Wildman–Crippen LogP) is 7.69. The highest BCUT2D eigenvalue weighted by Gasteiger charge is 2.44. The number of nitrogens with one attached hydrogen (secondary N) is 1. The Balaban J connectivity index is 1.35. The molecule has 1 N–H and O–H groups in total. The zero-order valence-electron chi connectivity index (χ0n) is 30.9. The first-order valence-electron chi connectivity index (χ1n) is 17.6. The van der Waals surface area contributed by atoms with Gasteiger partial charge in [0.15, 0.2) is 5.82 Å². The predicted molar refractivity (Wildman–Crippen MR) is 192 cm³/mol.